The highest BCUT2D eigenvalue weighted by molar-refractivity contribution is 7.09. The maximum absolute atomic E-state index is 9.88. The Morgan fingerprint density at radius 2 is 2.56 bits per heavy atom. The molecule has 1 fully saturated rings. The third-order valence-corrected chi connectivity index (χ3v) is 3.91. The Kier molecular flexibility index (Phi) is 4.32. The molecule has 2 atom stereocenters. The highest BCUT2D eigenvalue weighted by Crippen LogP contribution is 2.19. The molecule has 0 radical (unpaired) electrons. The van der Waals surface area contributed by atoms with Crippen LogP contribution in [0.15, 0.2) is 5.38 Å². The number of thiazole rings is 1. The summed E-state index contributed by atoms with van der Waals surface area (Å²) in [7, 11) is 0. The average molecular weight is 241 g/mol. The van der Waals surface area contributed by atoms with Gasteiger partial charge in [0, 0.05) is 24.1 Å². The zero-order chi connectivity index (χ0) is 11.4. The summed E-state index contributed by atoms with van der Waals surface area (Å²) in [5.41, 5.74) is 1.05. The lowest BCUT2D eigenvalue weighted by Gasteiger charge is -2.12. The minimum atomic E-state index is -0.269. The maximum Gasteiger partial charge on any atom is 0.0953 e. The van der Waals surface area contributed by atoms with E-state index < -0.39 is 0 Å². The van der Waals surface area contributed by atoms with Crippen molar-refractivity contribution in [3.63, 3.8) is 0 Å². The largest absolute Gasteiger partial charge is 0.393 e. The number of ether oxygens (including phenoxy) is 1. The summed E-state index contributed by atoms with van der Waals surface area (Å²) < 4.78 is 5.53. The number of aromatic nitrogens is 1. The maximum atomic E-state index is 9.88. The van der Waals surface area contributed by atoms with Gasteiger partial charge in [0.2, 0.25) is 0 Å². The van der Waals surface area contributed by atoms with Crippen LogP contribution in [0.4, 0.5) is 0 Å². The number of aryl methyl sites for hydroxylation is 1. The van der Waals surface area contributed by atoms with Gasteiger partial charge in [-0.3, -0.25) is 0 Å². The summed E-state index contributed by atoms with van der Waals surface area (Å²) in [6.07, 6.45) is 4.93. The third-order valence-electron chi connectivity index (χ3n) is 2.92. The second-order valence-corrected chi connectivity index (χ2v) is 5.40. The van der Waals surface area contributed by atoms with Crippen LogP contribution >= 0.6 is 11.3 Å². The lowest BCUT2D eigenvalue weighted by Crippen LogP contribution is -2.14. The fraction of sp³-hybridized carbons (Fsp3) is 0.750. The molecule has 4 heteroatoms. The van der Waals surface area contributed by atoms with Gasteiger partial charge in [-0.1, -0.05) is 0 Å². The first-order valence-electron chi connectivity index (χ1n) is 5.94. The van der Waals surface area contributed by atoms with Gasteiger partial charge in [-0.2, -0.15) is 0 Å². The van der Waals surface area contributed by atoms with Crippen molar-refractivity contribution >= 4 is 11.3 Å². The predicted molar refractivity (Wildman–Crippen MR) is 64.8 cm³/mol. The Hall–Kier alpha value is -0.450. The summed E-state index contributed by atoms with van der Waals surface area (Å²) in [5.74, 6) is 0. The van der Waals surface area contributed by atoms with Crippen molar-refractivity contribution in [3.8, 4) is 0 Å². The molecular formula is C12H19NO2S. The molecule has 90 valence electrons. The van der Waals surface area contributed by atoms with Crippen molar-refractivity contribution in [3.05, 3.63) is 16.1 Å². The van der Waals surface area contributed by atoms with Crippen LogP contribution in [0.1, 0.15) is 36.4 Å². The Bertz CT molecular complexity index is 321. The fourth-order valence-electron chi connectivity index (χ4n) is 2.05. The Morgan fingerprint density at radius 3 is 3.19 bits per heavy atom. The van der Waals surface area contributed by atoms with E-state index in [-0.39, 0.29) is 6.10 Å². The smallest absolute Gasteiger partial charge is 0.0953 e. The standard InChI is InChI=1S/C12H19NO2S/c1-9-8-16-12(13-9)7-10(14)4-5-11-3-2-6-15-11/h8,10-11,14H,2-7H2,1H3. The van der Waals surface area contributed by atoms with E-state index in [0.717, 1.165) is 36.6 Å². The molecular weight excluding hydrogens is 222 g/mol. The van der Waals surface area contributed by atoms with Gasteiger partial charge in [0.1, 0.15) is 0 Å². The molecule has 1 aliphatic rings. The quantitative estimate of drug-likeness (QED) is 0.860. The summed E-state index contributed by atoms with van der Waals surface area (Å²) in [4.78, 5) is 4.36. The lowest BCUT2D eigenvalue weighted by atomic mass is 10.1. The summed E-state index contributed by atoms with van der Waals surface area (Å²) >= 11 is 1.63. The topological polar surface area (TPSA) is 42.4 Å². The van der Waals surface area contributed by atoms with Gasteiger partial charge in [-0.25, -0.2) is 4.98 Å². The van der Waals surface area contributed by atoms with E-state index in [1.165, 1.54) is 6.42 Å². The molecule has 0 aliphatic carbocycles. The van der Waals surface area contributed by atoms with E-state index in [9.17, 15) is 5.11 Å². The van der Waals surface area contributed by atoms with Crippen molar-refractivity contribution < 1.29 is 9.84 Å². The van der Waals surface area contributed by atoms with Crippen molar-refractivity contribution in [1.29, 1.82) is 0 Å². The number of aliphatic hydroxyl groups is 1. The third kappa shape index (κ3) is 3.54. The van der Waals surface area contributed by atoms with Crippen molar-refractivity contribution in [2.45, 2.75) is 51.2 Å². The number of hydrogen-bond donors (Lipinski definition) is 1. The van der Waals surface area contributed by atoms with Crippen LogP contribution in [0.25, 0.3) is 0 Å². The van der Waals surface area contributed by atoms with Gasteiger partial charge in [-0.05, 0) is 32.6 Å². The highest BCUT2D eigenvalue weighted by Gasteiger charge is 2.17. The lowest BCUT2D eigenvalue weighted by molar-refractivity contribution is 0.0813. The van der Waals surface area contributed by atoms with Gasteiger partial charge in [0.05, 0.1) is 17.2 Å². The van der Waals surface area contributed by atoms with E-state index in [4.69, 9.17) is 4.74 Å². The zero-order valence-electron chi connectivity index (χ0n) is 9.69. The van der Waals surface area contributed by atoms with E-state index in [2.05, 4.69) is 4.98 Å². The molecule has 0 aromatic carbocycles. The van der Waals surface area contributed by atoms with Gasteiger partial charge >= 0.3 is 0 Å². The average Bonchev–Trinajstić information content (AvgIpc) is 2.87. The number of nitrogens with zero attached hydrogens (tertiary/aromatic N) is 1. The molecule has 2 heterocycles. The molecule has 1 N–H and O–H groups in total. The number of aliphatic hydroxyl groups excluding tert-OH is 1. The first-order chi connectivity index (χ1) is 7.74. The second-order valence-electron chi connectivity index (χ2n) is 4.45. The van der Waals surface area contributed by atoms with E-state index in [0.29, 0.717) is 12.5 Å². The normalized spacial score (nSPS) is 22.5. The summed E-state index contributed by atoms with van der Waals surface area (Å²) in [6, 6.07) is 0. The second kappa shape index (κ2) is 5.75. The molecule has 1 aromatic heterocycles. The van der Waals surface area contributed by atoms with Crippen LogP contribution in [-0.4, -0.2) is 28.9 Å². The van der Waals surface area contributed by atoms with Crippen LogP contribution in [0.2, 0.25) is 0 Å². The molecule has 2 rings (SSSR count). The Balaban J connectivity index is 1.69. The monoisotopic (exact) mass is 241 g/mol. The molecule has 0 saturated carbocycles. The Labute approximate surface area is 100 Å². The van der Waals surface area contributed by atoms with Gasteiger partial charge in [0.15, 0.2) is 0 Å². The van der Waals surface area contributed by atoms with Crippen LogP contribution in [-0.2, 0) is 11.2 Å². The molecule has 3 nitrogen and oxygen atoms in total. The summed E-state index contributed by atoms with van der Waals surface area (Å²) in [5, 5.41) is 13.0. The predicted octanol–water partition coefficient (Wildman–Crippen LogP) is 2.31. The van der Waals surface area contributed by atoms with Gasteiger partial charge < -0.3 is 9.84 Å². The number of rotatable bonds is 5. The molecule has 16 heavy (non-hydrogen) atoms. The minimum Gasteiger partial charge on any atom is -0.393 e. The molecule has 0 amide bonds. The van der Waals surface area contributed by atoms with E-state index >= 15 is 0 Å². The van der Waals surface area contributed by atoms with Crippen LogP contribution in [0.3, 0.4) is 0 Å². The molecule has 1 saturated heterocycles. The van der Waals surface area contributed by atoms with Gasteiger partial charge in [0.25, 0.3) is 0 Å². The highest BCUT2D eigenvalue weighted by atomic mass is 32.1. The van der Waals surface area contributed by atoms with Gasteiger partial charge in [-0.15, -0.1) is 11.3 Å². The van der Waals surface area contributed by atoms with Crippen molar-refractivity contribution in [2.75, 3.05) is 6.61 Å². The van der Waals surface area contributed by atoms with E-state index in [1.54, 1.807) is 11.3 Å². The first-order valence-corrected chi connectivity index (χ1v) is 6.82. The number of hydrogen-bond acceptors (Lipinski definition) is 4. The molecule has 1 aliphatic heterocycles. The zero-order valence-corrected chi connectivity index (χ0v) is 10.5. The molecule has 0 bridgehead atoms. The molecule has 2 unspecified atom stereocenters. The van der Waals surface area contributed by atoms with Crippen LogP contribution in [0.5, 0.6) is 0 Å². The molecule has 0 spiro atoms. The minimum absolute atomic E-state index is 0.269. The summed E-state index contributed by atoms with van der Waals surface area (Å²) in [6.45, 7) is 2.88. The Morgan fingerprint density at radius 1 is 1.69 bits per heavy atom. The molecule has 1 aromatic rings. The SMILES string of the molecule is Cc1csc(CC(O)CCC2CCCO2)n1. The van der Waals surface area contributed by atoms with Crippen LogP contribution < -0.4 is 0 Å². The first kappa shape index (κ1) is 12.0. The fourth-order valence-corrected chi connectivity index (χ4v) is 2.89. The van der Waals surface area contributed by atoms with Crippen LogP contribution in [0, 0.1) is 6.92 Å². The van der Waals surface area contributed by atoms with Crippen molar-refractivity contribution in [1.82, 2.24) is 4.98 Å². The van der Waals surface area contributed by atoms with Crippen molar-refractivity contribution in [2.24, 2.45) is 0 Å². The van der Waals surface area contributed by atoms with E-state index in [1.807, 2.05) is 12.3 Å².